The van der Waals surface area contributed by atoms with Gasteiger partial charge in [0.25, 0.3) is 5.56 Å². The Morgan fingerprint density at radius 3 is 2.36 bits per heavy atom. The van der Waals surface area contributed by atoms with Crippen LogP contribution in [0.1, 0.15) is 48.1 Å². The Hall–Kier alpha value is -4.30. The lowest BCUT2D eigenvalue weighted by Gasteiger charge is -2.15. The second kappa shape index (κ2) is 12.5. The number of aromatic amines is 1. The number of benzene rings is 2. The quantitative estimate of drug-likeness (QED) is 0.268. The van der Waals surface area contributed by atoms with Gasteiger partial charge in [-0.25, -0.2) is 9.78 Å². The number of halogens is 1. The summed E-state index contributed by atoms with van der Waals surface area (Å²) in [7, 11) is 0. The number of rotatable bonds is 9. The van der Waals surface area contributed by atoms with Gasteiger partial charge in [0.15, 0.2) is 5.82 Å². The molecule has 0 radical (unpaired) electrons. The first-order chi connectivity index (χ1) is 18.5. The van der Waals surface area contributed by atoms with Crippen molar-refractivity contribution in [3.8, 4) is 22.5 Å². The molecule has 3 aromatic heterocycles. The van der Waals surface area contributed by atoms with Crippen LogP contribution in [0, 0.1) is 6.92 Å². The van der Waals surface area contributed by atoms with Crippen molar-refractivity contribution in [3.05, 3.63) is 122 Å². The van der Waals surface area contributed by atoms with Crippen molar-refractivity contribution in [2.45, 2.75) is 46.1 Å². The number of hydrogen-bond donors (Lipinski definition) is 1. The minimum atomic E-state index is -0.593. The van der Waals surface area contributed by atoms with Crippen LogP contribution in [0.3, 0.4) is 0 Å². The maximum atomic E-state index is 13.7. The summed E-state index contributed by atoms with van der Waals surface area (Å²) >= 11 is 0. The molecule has 200 valence electrons. The number of nitrogens with zero attached hydrogens (tertiary/aromatic N) is 4. The second-order valence-electron chi connectivity index (χ2n) is 9.26. The third-order valence-electron chi connectivity index (χ3n) is 6.62. The van der Waals surface area contributed by atoms with Gasteiger partial charge in [-0.3, -0.25) is 23.9 Å². The highest BCUT2D eigenvalue weighted by molar-refractivity contribution is 5.85. The summed E-state index contributed by atoms with van der Waals surface area (Å²) in [6.07, 6.45) is 5.00. The Bertz CT molecular complexity index is 1660. The number of H-pyrrole nitrogens is 1. The molecule has 0 bridgehead atoms. The van der Waals surface area contributed by atoms with Gasteiger partial charge in [-0.1, -0.05) is 73.1 Å². The number of aromatic nitrogens is 5. The van der Waals surface area contributed by atoms with Crippen molar-refractivity contribution in [3.63, 3.8) is 0 Å². The van der Waals surface area contributed by atoms with Gasteiger partial charge in [0, 0.05) is 23.7 Å². The molecule has 1 N–H and O–H groups in total. The Labute approximate surface area is 232 Å². The average molecular weight is 544 g/mol. The largest absolute Gasteiger partial charge is 0.439 e. The van der Waals surface area contributed by atoms with Crippen molar-refractivity contribution in [1.82, 2.24) is 24.7 Å². The van der Waals surface area contributed by atoms with Gasteiger partial charge in [-0.05, 0) is 48.6 Å². The average Bonchev–Trinajstić information content (AvgIpc) is 3.38. The zero-order valence-corrected chi connectivity index (χ0v) is 22.7. The molecule has 9 heteroatoms. The molecule has 0 spiro atoms. The Morgan fingerprint density at radius 2 is 1.69 bits per heavy atom. The predicted octanol–water partition coefficient (Wildman–Crippen LogP) is 5.36. The first-order valence-electron chi connectivity index (χ1n) is 12.8. The van der Waals surface area contributed by atoms with Gasteiger partial charge < -0.3 is 0 Å². The van der Waals surface area contributed by atoms with E-state index < -0.39 is 5.76 Å². The standard InChI is InChI=1S/C30H29N5O3.ClH/c1-3-4-12-27-26(29(36)35(20(2)32-27)19-23-9-7-8-17-31-23)18-21-13-15-22(16-14-21)24-10-5-6-11-25(24)28-33-30(37)38-34-28;/h5-11,13-17H,3-4,12,18-19H2,1-2H3,(H,33,34,37);1H. The van der Waals surface area contributed by atoms with Gasteiger partial charge in [0.2, 0.25) is 0 Å². The van der Waals surface area contributed by atoms with Crippen molar-refractivity contribution in [1.29, 1.82) is 0 Å². The van der Waals surface area contributed by atoms with E-state index in [4.69, 9.17) is 9.51 Å². The maximum Gasteiger partial charge on any atom is 0.439 e. The molecule has 3 heterocycles. The van der Waals surface area contributed by atoms with Crippen LogP contribution in [-0.2, 0) is 19.4 Å². The van der Waals surface area contributed by atoms with Crippen molar-refractivity contribution < 1.29 is 4.52 Å². The lowest BCUT2D eigenvalue weighted by atomic mass is 9.96. The number of aryl methyl sites for hydroxylation is 2. The second-order valence-corrected chi connectivity index (χ2v) is 9.26. The molecule has 0 unspecified atom stereocenters. The van der Waals surface area contributed by atoms with Crippen LogP contribution in [0.4, 0.5) is 0 Å². The summed E-state index contributed by atoms with van der Waals surface area (Å²) in [5.74, 6) is 0.493. The normalized spacial score (nSPS) is 10.8. The van der Waals surface area contributed by atoms with Crippen LogP contribution in [0.5, 0.6) is 0 Å². The summed E-state index contributed by atoms with van der Waals surface area (Å²) in [4.78, 5) is 37.1. The lowest BCUT2D eigenvalue weighted by molar-refractivity contribution is 0.388. The summed E-state index contributed by atoms with van der Waals surface area (Å²) in [6.45, 7) is 4.41. The van der Waals surface area contributed by atoms with Gasteiger partial charge in [0.05, 0.1) is 17.9 Å². The molecule has 0 aliphatic rings. The van der Waals surface area contributed by atoms with Gasteiger partial charge in [-0.2, -0.15) is 0 Å². The van der Waals surface area contributed by atoms with E-state index in [1.165, 1.54) is 0 Å². The van der Waals surface area contributed by atoms with E-state index in [0.29, 0.717) is 24.6 Å². The molecular formula is C30H30ClN5O3. The number of hydrogen-bond acceptors (Lipinski definition) is 6. The van der Waals surface area contributed by atoms with Gasteiger partial charge >= 0.3 is 5.76 Å². The molecule has 0 fully saturated rings. The monoisotopic (exact) mass is 543 g/mol. The Morgan fingerprint density at radius 1 is 0.949 bits per heavy atom. The fourth-order valence-electron chi connectivity index (χ4n) is 4.62. The third kappa shape index (κ3) is 6.23. The number of nitrogens with one attached hydrogen (secondary N) is 1. The lowest BCUT2D eigenvalue weighted by Crippen LogP contribution is -2.30. The Kier molecular flexibility index (Phi) is 8.88. The fraction of sp³-hybridized carbons (Fsp3) is 0.233. The molecule has 0 saturated heterocycles. The van der Waals surface area contributed by atoms with Crippen LogP contribution in [0.25, 0.3) is 22.5 Å². The highest BCUT2D eigenvalue weighted by Gasteiger charge is 2.16. The third-order valence-corrected chi connectivity index (χ3v) is 6.62. The zero-order valence-electron chi connectivity index (χ0n) is 21.9. The Balaban J connectivity index is 0.00000353. The van der Waals surface area contributed by atoms with E-state index in [0.717, 1.165) is 58.5 Å². The van der Waals surface area contributed by atoms with Crippen LogP contribution in [0.2, 0.25) is 0 Å². The first kappa shape index (κ1) is 27.7. The molecule has 39 heavy (non-hydrogen) atoms. The van der Waals surface area contributed by atoms with E-state index >= 15 is 0 Å². The molecule has 0 amide bonds. The molecule has 5 rings (SSSR count). The van der Waals surface area contributed by atoms with Crippen molar-refractivity contribution in [2.24, 2.45) is 0 Å². The van der Waals surface area contributed by atoms with E-state index in [9.17, 15) is 9.59 Å². The molecule has 5 aromatic rings. The first-order valence-corrected chi connectivity index (χ1v) is 12.8. The highest BCUT2D eigenvalue weighted by Crippen LogP contribution is 2.30. The summed E-state index contributed by atoms with van der Waals surface area (Å²) in [5.41, 5.74) is 6.08. The van der Waals surface area contributed by atoms with Crippen LogP contribution in [-0.4, -0.2) is 24.7 Å². The fourth-order valence-corrected chi connectivity index (χ4v) is 4.62. The number of pyridine rings is 1. The molecule has 0 aliphatic heterocycles. The van der Waals surface area contributed by atoms with Crippen LogP contribution in [0.15, 0.2) is 87.0 Å². The zero-order chi connectivity index (χ0) is 26.5. The summed E-state index contributed by atoms with van der Waals surface area (Å²) < 4.78 is 6.42. The van der Waals surface area contributed by atoms with Crippen molar-refractivity contribution in [2.75, 3.05) is 0 Å². The van der Waals surface area contributed by atoms with Crippen LogP contribution < -0.4 is 11.3 Å². The molecule has 0 saturated carbocycles. The van der Waals surface area contributed by atoms with Gasteiger partial charge in [-0.15, -0.1) is 12.4 Å². The van der Waals surface area contributed by atoms with Crippen molar-refractivity contribution >= 4 is 12.4 Å². The van der Waals surface area contributed by atoms with E-state index in [1.807, 2.05) is 73.7 Å². The predicted molar refractivity (Wildman–Crippen MR) is 153 cm³/mol. The number of unbranched alkanes of at least 4 members (excludes halogenated alkanes) is 1. The smallest absolute Gasteiger partial charge is 0.296 e. The maximum absolute atomic E-state index is 13.7. The molecule has 8 nitrogen and oxygen atoms in total. The van der Waals surface area contributed by atoms with E-state index in [1.54, 1.807) is 10.8 Å². The van der Waals surface area contributed by atoms with Crippen LogP contribution >= 0.6 is 12.4 Å². The SMILES string of the molecule is CCCCc1nc(C)n(Cc2ccccn2)c(=O)c1Cc1ccc(-c2ccccc2-c2noc(=O)[nH]2)cc1.Cl. The van der Waals surface area contributed by atoms with Gasteiger partial charge in [0.1, 0.15) is 5.82 Å². The molecule has 2 aromatic carbocycles. The topological polar surface area (TPSA) is 107 Å². The highest BCUT2D eigenvalue weighted by atomic mass is 35.5. The minimum Gasteiger partial charge on any atom is -0.296 e. The molecule has 0 aliphatic carbocycles. The summed E-state index contributed by atoms with van der Waals surface area (Å²) in [6, 6.07) is 21.5. The molecular weight excluding hydrogens is 514 g/mol. The van der Waals surface area contributed by atoms with E-state index in [-0.39, 0.29) is 18.0 Å². The minimum absolute atomic E-state index is 0. The molecule has 0 atom stereocenters. The summed E-state index contributed by atoms with van der Waals surface area (Å²) in [5, 5.41) is 3.84. The van der Waals surface area contributed by atoms with E-state index in [2.05, 4.69) is 22.0 Å².